The predicted molar refractivity (Wildman–Crippen MR) is 74.3 cm³/mol. The van der Waals surface area contributed by atoms with Crippen molar-refractivity contribution in [2.45, 2.75) is 6.61 Å². The van der Waals surface area contributed by atoms with Crippen molar-refractivity contribution in [3.8, 4) is 22.1 Å². The molecule has 0 saturated carbocycles. The highest BCUT2D eigenvalue weighted by Gasteiger charge is 2.14. The minimum absolute atomic E-state index is 0.0310. The molecule has 0 fully saturated rings. The fourth-order valence-electron chi connectivity index (χ4n) is 1.52. The molecular weight excluding hydrogens is 318 g/mol. The zero-order valence-electron chi connectivity index (χ0n) is 9.94. The second-order valence-corrected chi connectivity index (χ2v) is 5.29. The Morgan fingerprint density at radius 3 is 2.67 bits per heavy atom. The molecule has 0 saturated heterocycles. The van der Waals surface area contributed by atoms with E-state index in [1.807, 2.05) is 18.2 Å². The van der Waals surface area contributed by atoms with E-state index < -0.39 is 0 Å². The van der Waals surface area contributed by atoms with Crippen molar-refractivity contribution in [3.63, 3.8) is 0 Å². The molecule has 2 rings (SSSR count). The minimum Gasteiger partial charge on any atom is -0.497 e. The molecule has 0 aliphatic carbocycles. The molecule has 0 radical (unpaired) electrons. The van der Waals surface area contributed by atoms with Gasteiger partial charge in [0.05, 0.1) is 31.3 Å². The summed E-state index contributed by atoms with van der Waals surface area (Å²) in [6.45, 7) is -0.0310. The molecular formula is C12H12BrNO3S. The Hall–Kier alpha value is -1.11. The fraction of sp³-hybridized carbons (Fsp3) is 0.250. The fourth-order valence-corrected chi connectivity index (χ4v) is 3.03. The van der Waals surface area contributed by atoms with Gasteiger partial charge in [0.25, 0.3) is 0 Å². The first-order valence-corrected chi connectivity index (χ1v) is 6.79. The second kappa shape index (κ2) is 5.69. The van der Waals surface area contributed by atoms with Crippen LogP contribution in [0.25, 0.3) is 10.6 Å². The van der Waals surface area contributed by atoms with Gasteiger partial charge in [-0.15, -0.1) is 11.3 Å². The number of benzene rings is 1. The maximum atomic E-state index is 9.18. The molecule has 0 amide bonds. The first-order valence-electron chi connectivity index (χ1n) is 5.18. The van der Waals surface area contributed by atoms with Crippen molar-refractivity contribution in [2.24, 2.45) is 0 Å². The van der Waals surface area contributed by atoms with E-state index in [1.165, 1.54) is 11.3 Å². The molecule has 1 heterocycles. The lowest BCUT2D eigenvalue weighted by Gasteiger charge is -2.08. The maximum absolute atomic E-state index is 9.18. The molecule has 18 heavy (non-hydrogen) atoms. The van der Waals surface area contributed by atoms with Crippen LogP contribution in [0.3, 0.4) is 0 Å². The SMILES string of the molecule is COc1ccc(-c2nc(Br)c(CO)s2)c(OC)c1. The molecule has 0 atom stereocenters. The quantitative estimate of drug-likeness (QED) is 0.936. The number of rotatable bonds is 4. The highest BCUT2D eigenvalue weighted by molar-refractivity contribution is 9.10. The van der Waals surface area contributed by atoms with Crippen molar-refractivity contribution in [2.75, 3.05) is 14.2 Å². The van der Waals surface area contributed by atoms with Crippen LogP contribution in [0.15, 0.2) is 22.8 Å². The average molecular weight is 330 g/mol. The summed E-state index contributed by atoms with van der Waals surface area (Å²) >= 11 is 4.75. The Bertz CT molecular complexity index is 556. The van der Waals surface area contributed by atoms with Gasteiger partial charge in [-0.25, -0.2) is 4.98 Å². The second-order valence-electron chi connectivity index (χ2n) is 3.46. The minimum atomic E-state index is -0.0310. The summed E-state index contributed by atoms with van der Waals surface area (Å²) in [5, 5.41) is 9.97. The molecule has 96 valence electrons. The van der Waals surface area contributed by atoms with Gasteiger partial charge < -0.3 is 14.6 Å². The molecule has 1 N–H and O–H groups in total. The molecule has 1 aromatic heterocycles. The smallest absolute Gasteiger partial charge is 0.132 e. The summed E-state index contributed by atoms with van der Waals surface area (Å²) < 4.78 is 11.2. The molecule has 0 unspecified atom stereocenters. The molecule has 4 nitrogen and oxygen atoms in total. The van der Waals surface area contributed by atoms with Crippen molar-refractivity contribution in [1.29, 1.82) is 0 Å². The highest BCUT2D eigenvalue weighted by atomic mass is 79.9. The number of ether oxygens (including phenoxy) is 2. The van der Waals surface area contributed by atoms with Crippen LogP contribution in [0.4, 0.5) is 0 Å². The van der Waals surface area contributed by atoms with Crippen LogP contribution in [0.5, 0.6) is 11.5 Å². The number of methoxy groups -OCH3 is 2. The summed E-state index contributed by atoms with van der Waals surface area (Å²) in [6.07, 6.45) is 0. The number of hydrogen-bond donors (Lipinski definition) is 1. The summed E-state index contributed by atoms with van der Waals surface area (Å²) in [4.78, 5) is 5.16. The molecule has 6 heteroatoms. The number of aromatic nitrogens is 1. The van der Waals surface area contributed by atoms with Gasteiger partial charge in [0.1, 0.15) is 21.1 Å². The topological polar surface area (TPSA) is 51.6 Å². The van der Waals surface area contributed by atoms with E-state index in [2.05, 4.69) is 20.9 Å². The van der Waals surface area contributed by atoms with Gasteiger partial charge in [-0.2, -0.15) is 0 Å². The monoisotopic (exact) mass is 329 g/mol. The van der Waals surface area contributed by atoms with Gasteiger partial charge in [-0.1, -0.05) is 0 Å². The lowest BCUT2D eigenvalue weighted by Crippen LogP contribution is -1.89. The van der Waals surface area contributed by atoms with E-state index in [-0.39, 0.29) is 6.61 Å². The number of thiazole rings is 1. The maximum Gasteiger partial charge on any atom is 0.132 e. The van der Waals surface area contributed by atoms with E-state index in [4.69, 9.17) is 9.47 Å². The predicted octanol–water partition coefficient (Wildman–Crippen LogP) is 3.08. The summed E-state index contributed by atoms with van der Waals surface area (Å²) in [5.74, 6) is 1.42. The van der Waals surface area contributed by atoms with Gasteiger partial charge in [0, 0.05) is 6.07 Å². The first kappa shape index (κ1) is 13.3. The molecule has 1 aromatic carbocycles. The summed E-state index contributed by atoms with van der Waals surface area (Å²) in [7, 11) is 3.21. The number of hydrogen-bond acceptors (Lipinski definition) is 5. The van der Waals surface area contributed by atoms with Crippen LogP contribution in [0.1, 0.15) is 4.88 Å². The standard InChI is InChI=1S/C12H12BrNO3S/c1-16-7-3-4-8(9(5-7)17-2)12-14-11(13)10(6-15)18-12/h3-5,15H,6H2,1-2H3. The van der Waals surface area contributed by atoms with Crippen LogP contribution in [0, 0.1) is 0 Å². The normalized spacial score (nSPS) is 10.4. The molecule has 2 aromatic rings. The largest absolute Gasteiger partial charge is 0.497 e. The van der Waals surface area contributed by atoms with Crippen LogP contribution in [-0.2, 0) is 6.61 Å². The Labute approximate surface area is 117 Å². The number of nitrogens with zero attached hydrogens (tertiary/aromatic N) is 1. The van der Waals surface area contributed by atoms with Crippen molar-refractivity contribution in [1.82, 2.24) is 4.98 Å². The third-order valence-corrected chi connectivity index (χ3v) is 4.42. The van der Waals surface area contributed by atoms with Crippen molar-refractivity contribution in [3.05, 3.63) is 27.7 Å². The van der Waals surface area contributed by atoms with E-state index in [0.717, 1.165) is 21.2 Å². The Balaban J connectivity index is 2.48. The third-order valence-electron chi connectivity index (χ3n) is 2.43. The van der Waals surface area contributed by atoms with E-state index in [1.54, 1.807) is 14.2 Å². The molecule has 0 bridgehead atoms. The third kappa shape index (κ3) is 2.50. The van der Waals surface area contributed by atoms with Crippen LogP contribution >= 0.6 is 27.3 Å². The van der Waals surface area contributed by atoms with Crippen LogP contribution in [0.2, 0.25) is 0 Å². The van der Waals surface area contributed by atoms with Gasteiger partial charge in [0.2, 0.25) is 0 Å². The van der Waals surface area contributed by atoms with Crippen LogP contribution < -0.4 is 9.47 Å². The van der Waals surface area contributed by atoms with E-state index in [9.17, 15) is 5.11 Å². The van der Waals surface area contributed by atoms with E-state index in [0.29, 0.717) is 10.4 Å². The molecule has 0 spiro atoms. The number of halogens is 1. The summed E-state index contributed by atoms with van der Waals surface area (Å²) in [5.41, 5.74) is 0.878. The lowest BCUT2D eigenvalue weighted by molar-refractivity contribution is 0.284. The van der Waals surface area contributed by atoms with Crippen LogP contribution in [-0.4, -0.2) is 24.3 Å². The van der Waals surface area contributed by atoms with Gasteiger partial charge in [-0.05, 0) is 28.1 Å². The summed E-state index contributed by atoms with van der Waals surface area (Å²) in [6, 6.07) is 5.55. The van der Waals surface area contributed by atoms with Gasteiger partial charge in [0.15, 0.2) is 0 Å². The lowest BCUT2D eigenvalue weighted by atomic mass is 10.2. The molecule has 0 aliphatic heterocycles. The van der Waals surface area contributed by atoms with E-state index >= 15 is 0 Å². The number of aliphatic hydroxyl groups excluding tert-OH is 1. The zero-order chi connectivity index (χ0) is 13.1. The molecule has 0 aliphatic rings. The van der Waals surface area contributed by atoms with Crippen molar-refractivity contribution < 1.29 is 14.6 Å². The van der Waals surface area contributed by atoms with Crippen molar-refractivity contribution >= 4 is 27.3 Å². The average Bonchev–Trinajstić information content (AvgIpc) is 2.79. The Morgan fingerprint density at radius 2 is 2.11 bits per heavy atom. The Kier molecular flexibility index (Phi) is 4.21. The Morgan fingerprint density at radius 1 is 1.33 bits per heavy atom. The van der Waals surface area contributed by atoms with Gasteiger partial charge in [-0.3, -0.25) is 0 Å². The zero-order valence-corrected chi connectivity index (χ0v) is 12.3. The number of aliphatic hydroxyl groups is 1. The van der Waals surface area contributed by atoms with Gasteiger partial charge >= 0.3 is 0 Å². The highest BCUT2D eigenvalue weighted by Crippen LogP contribution is 2.37. The first-order chi connectivity index (χ1) is 8.69.